The molecule has 0 unspecified atom stereocenters. The lowest BCUT2D eigenvalue weighted by molar-refractivity contribution is -0.116. The van der Waals surface area contributed by atoms with Crippen LogP contribution in [-0.4, -0.2) is 10.8 Å². The Balaban J connectivity index is 2.56. The fourth-order valence-corrected chi connectivity index (χ4v) is 2.69. The summed E-state index contributed by atoms with van der Waals surface area (Å²) in [6, 6.07) is 5.84. The molecule has 0 radical (unpaired) electrons. The molecule has 4 heteroatoms. The van der Waals surface area contributed by atoms with Crippen molar-refractivity contribution in [3.63, 3.8) is 0 Å². The van der Waals surface area contributed by atoms with Gasteiger partial charge in [0.2, 0.25) is 0 Å². The van der Waals surface area contributed by atoms with E-state index in [4.69, 9.17) is 11.6 Å². The van der Waals surface area contributed by atoms with Crippen LogP contribution in [0, 0.1) is 6.92 Å². The van der Waals surface area contributed by atoms with E-state index in [1.54, 1.807) is 6.92 Å². The van der Waals surface area contributed by atoms with Gasteiger partial charge in [0.25, 0.3) is 0 Å². The van der Waals surface area contributed by atoms with Crippen molar-refractivity contribution in [3.05, 3.63) is 39.0 Å². The van der Waals surface area contributed by atoms with Crippen molar-refractivity contribution in [3.8, 4) is 0 Å². The topological polar surface area (TPSA) is 30.0 Å². The summed E-state index contributed by atoms with van der Waals surface area (Å²) < 4.78 is 0.972. The molecule has 0 aliphatic carbocycles. The SMILES string of the molecule is CC(=O)CCc1c(C)nc2ccc(Br)cc2c1Cl. The van der Waals surface area contributed by atoms with E-state index in [2.05, 4.69) is 20.9 Å². The van der Waals surface area contributed by atoms with E-state index in [0.717, 1.165) is 26.6 Å². The van der Waals surface area contributed by atoms with Crippen LogP contribution in [0.1, 0.15) is 24.6 Å². The maximum Gasteiger partial charge on any atom is 0.130 e. The van der Waals surface area contributed by atoms with Gasteiger partial charge < -0.3 is 4.79 Å². The number of hydrogen-bond acceptors (Lipinski definition) is 2. The van der Waals surface area contributed by atoms with E-state index in [-0.39, 0.29) is 5.78 Å². The number of hydrogen-bond donors (Lipinski definition) is 0. The number of pyridine rings is 1. The quantitative estimate of drug-likeness (QED) is 0.832. The molecule has 2 rings (SSSR count). The molecule has 2 aromatic rings. The molecule has 1 aromatic heterocycles. The van der Waals surface area contributed by atoms with Gasteiger partial charge in [0.1, 0.15) is 5.78 Å². The van der Waals surface area contributed by atoms with Crippen molar-refractivity contribution in [2.75, 3.05) is 0 Å². The van der Waals surface area contributed by atoms with Crippen LogP contribution in [-0.2, 0) is 11.2 Å². The molecule has 0 amide bonds. The van der Waals surface area contributed by atoms with Gasteiger partial charge in [-0.2, -0.15) is 0 Å². The summed E-state index contributed by atoms with van der Waals surface area (Å²) in [6.45, 7) is 3.52. The standard InChI is InChI=1S/C14H13BrClNO/c1-8(18)3-5-11-9(2)17-13-6-4-10(15)7-12(13)14(11)16/h4,6-7H,3,5H2,1-2H3. The zero-order chi connectivity index (χ0) is 13.3. The number of rotatable bonds is 3. The molecule has 0 spiro atoms. The van der Waals surface area contributed by atoms with Crippen LogP contribution < -0.4 is 0 Å². The van der Waals surface area contributed by atoms with Gasteiger partial charge in [0.05, 0.1) is 10.5 Å². The number of carbonyl (C=O) groups excluding carboxylic acids is 1. The van der Waals surface area contributed by atoms with Crippen LogP contribution in [0.25, 0.3) is 10.9 Å². The van der Waals surface area contributed by atoms with Gasteiger partial charge in [0, 0.05) is 22.0 Å². The Kier molecular flexibility index (Phi) is 4.03. The van der Waals surface area contributed by atoms with Gasteiger partial charge >= 0.3 is 0 Å². The number of nitrogens with zero attached hydrogens (tertiary/aromatic N) is 1. The monoisotopic (exact) mass is 325 g/mol. The first-order chi connectivity index (χ1) is 8.49. The van der Waals surface area contributed by atoms with E-state index < -0.39 is 0 Å². The number of fused-ring (bicyclic) bond motifs is 1. The van der Waals surface area contributed by atoms with Gasteiger partial charge in [-0.15, -0.1) is 0 Å². The van der Waals surface area contributed by atoms with Gasteiger partial charge in [-0.3, -0.25) is 4.98 Å². The molecule has 1 aromatic carbocycles. The molecule has 0 atom stereocenters. The molecule has 2 nitrogen and oxygen atoms in total. The average molecular weight is 327 g/mol. The summed E-state index contributed by atoms with van der Waals surface area (Å²) in [5, 5.41) is 1.63. The van der Waals surface area contributed by atoms with Crippen molar-refractivity contribution < 1.29 is 4.79 Å². The molecular weight excluding hydrogens is 314 g/mol. The Labute approximate surface area is 119 Å². The highest BCUT2D eigenvalue weighted by atomic mass is 79.9. The van der Waals surface area contributed by atoms with Crippen molar-refractivity contribution in [2.45, 2.75) is 26.7 Å². The minimum absolute atomic E-state index is 0.166. The van der Waals surface area contributed by atoms with Gasteiger partial charge in [-0.25, -0.2) is 0 Å². The number of Topliss-reactive ketones (excluding diaryl/α,β-unsaturated/α-hetero) is 1. The lowest BCUT2D eigenvalue weighted by Gasteiger charge is -2.10. The third-order valence-electron chi connectivity index (χ3n) is 2.91. The third kappa shape index (κ3) is 2.73. The number of ketones is 1. The summed E-state index contributed by atoms with van der Waals surface area (Å²) in [6.07, 6.45) is 1.15. The molecule has 94 valence electrons. The first-order valence-corrected chi connectivity index (χ1v) is 6.90. The Hall–Kier alpha value is -0.930. The van der Waals surface area contributed by atoms with Crippen molar-refractivity contribution >= 4 is 44.2 Å². The number of carbonyl (C=O) groups is 1. The number of halogens is 2. The predicted octanol–water partition coefficient (Wildman–Crippen LogP) is 4.48. The minimum atomic E-state index is 0.166. The van der Waals surface area contributed by atoms with E-state index >= 15 is 0 Å². The van der Waals surface area contributed by atoms with Gasteiger partial charge in [-0.1, -0.05) is 27.5 Å². The van der Waals surface area contributed by atoms with Gasteiger partial charge in [-0.05, 0) is 44.0 Å². The van der Waals surface area contributed by atoms with Gasteiger partial charge in [0.15, 0.2) is 0 Å². The molecule has 1 heterocycles. The third-order valence-corrected chi connectivity index (χ3v) is 3.84. The summed E-state index contributed by atoms with van der Waals surface area (Å²) >= 11 is 9.86. The van der Waals surface area contributed by atoms with Crippen LogP contribution >= 0.6 is 27.5 Å². The van der Waals surface area contributed by atoms with Crippen LogP contribution in [0.2, 0.25) is 5.02 Å². The fraction of sp³-hybridized carbons (Fsp3) is 0.286. The molecular formula is C14H13BrClNO. The van der Waals surface area contributed by atoms with Crippen molar-refractivity contribution in [1.82, 2.24) is 4.98 Å². The molecule has 0 aliphatic rings. The minimum Gasteiger partial charge on any atom is -0.300 e. The summed E-state index contributed by atoms with van der Waals surface area (Å²) in [4.78, 5) is 15.6. The molecule has 0 N–H and O–H groups in total. The lowest BCUT2D eigenvalue weighted by Crippen LogP contribution is -2.00. The van der Waals surface area contributed by atoms with E-state index in [1.807, 2.05) is 25.1 Å². The highest BCUT2D eigenvalue weighted by Crippen LogP contribution is 2.30. The van der Waals surface area contributed by atoms with Crippen molar-refractivity contribution in [2.24, 2.45) is 0 Å². The predicted molar refractivity (Wildman–Crippen MR) is 78.2 cm³/mol. The second-order valence-corrected chi connectivity index (χ2v) is 5.65. The Morgan fingerprint density at radius 3 is 2.83 bits per heavy atom. The highest BCUT2D eigenvalue weighted by Gasteiger charge is 2.11. The summed E-state index contributed by atoms with van der Waals surface area (Å²) in [5.41, 5.74) is 2.75. The fourth-order valence-electron chi connectivity index (χ4n) is 1.94. The van der Waals surface area contributed by atoms with Crippen LogP contribution in [0.5, 0.6) is 0 Å². The zero-order valence-electron chi connectivity index (χ0n) is 10.3. The summed E-state index contributed by atoms with van der Waals surface area (Å²) in [7, 11) is 0. The van der Waals surface area contributed by atoms with E-state index in [9.17, 15) is 4.79 Å². The Morgan fingerprint density at radius 2 is 2.17 bits per heavy atom. The summed E-state index contributed by atoms with van der Waals surface area (Å²) in [5.74, 6) is 0.166. The lowest BCUT2D eigenvalue weighted by atomic mass is 10.0. The second-order valence-electron chi connectivity index (χ2n) is 4.35. The molecule has 0 bridgehead atoms. The first kappa shape index (κ1) is 13.5. The molecule has 0 saturated heterocycles. The van der Waals surface area contributed by atoms with E-state index in [1.165, 1.54) is 0 Å². The number of aromatic nitrogens is 1. The number of benzene rings is 1. The average Bonchev–Trinajstić information content (AvgIpc) is 2.30. The molecule has 18 heavy (non-hydrogen) atoms. The maximum atomic E-state index is 11.1. The Bertz CT molecular complexity index is 625. The molecule has 0 fully saturated rings. The molecule has 0 aliphatic heterocycles. The molecule has 0 saturated carbocycles. The van der Waals surface area contributed by atoms with Crippen LogP contribution in [0.4, 0.5) is 0 Å². The van der Waals surface area contributed by atoms with Crippen LogP contribution in [0.15, 0.2) is 22.7 Å². The largest absolute Gasteiger partial charge is 0.300 e. The van der Waals surface area contributed by atoms with Crippen molar-refractivity contribution in [1.29, 1.82) is 0 Å². The Morgan fingerprint density at radius 1 is 1.44 bits per heavy atom. The second kappa shape index (κ2) is 5.37. The van der Waals surface area contributed by atoms with E-state index in [0.29, 0.717) is 17.9 Å². The zero-order valence-corrected chi connectivity index (χ0v) is 12.6. The van der Waals surface area contributed by atoms with Crippen LogP contribution in [0.3, 0.4) is 0 Å². The normalized spacial score (nSPS) is 10.9. The first-order valence-electron chi connectivity index (χ1n) is 5.72. The number of aryl methyl sites for hydroxylation is 1. The smallest absolute Gasteiger partial charge is 0.130 e. The highest BCUT2D eigenvalue weighted by molar-refractivity contribution is 9.10. The maximum absolute atomic E-state index is 11.1.